The number of piperazine rings is 1. The van der Waals surface area contributed by atoms with Crippen molar-refractivity contribution in [2.24, 2.45) is 0 Å². The summed E-state index contributed by atoms with van der Waals surface area (Å²) in [6.45, 7) is 2.03. The SMILES string of the molecule is O=C(NC(=O)c1c(F)cccc1F)OCCN1CCN(c2ncc(C(F)(F)F)cc2Cl)CC1. The van der Waals surface area contributed by atoms with Crippen LogP contribution in [-0.2, 0) is 10.9 Å². The van der Waals surface area contributed by atoms with E-state index >= 15 is 0 Å². The number of alkyl carbamates (subject to hydrolysis) is 1. The number of aromatic nitrogens is 1. The van der Waals surface area contributed by atoms with Gasteiger partial charge in [0.1, 0.15) is 29.6 Å². The Bertz CT molecular complexity index is 1010. The Balaban J connectivity index is 1.43. The molecule has 1 aliphatic rings. The quantitative estimate of drug-likeness (QED) is 0.641. The molecule has 0 spiro atoms. The molecular weight excluding hydrogens is 475 g/mol. The average molecular weight is 493 g/mol. The van der Waals surface area contributed by atoms with E-state index in [0.717, 1.165) is 30.5 Å². The van der Waals surface area contributed by atoms with Gasteiger partial charge in [0.15, 0.2) is 0 Å². The molecule has 2 amide bonds. The van der Waals surface area contributed by atoms with Gasteiger partial charge in [-0.05, 0) is 18.2 Å². The molecule has 1 aliphatic heterocycles. The van der Waals surface area contributed by atoms with E-state index in [2.05, 4.69) is 4.98 Å². The summed E-state index contributed by atoms with van der Waals surface area (Å²) in [6, 6.07) is 3.69. The fourth-order valence-electron chi connectivity index (χ4n) is 3.18. The smallest absolute Gasteiger partial charge is 0.417 e. The Morgan fingerprint density at radius 1 is 1.12 bits per heavy atom. The second-order valence-corrected chi connectivity index (χ2v) is 7.45. The van der Waals surface area contributed by atoms with Gasteiger partial charge >= 0.3 is 12.3 Å². The van der Waals surface area contributed by atoms with Crippen molar-refractivity contribution < 1.29 is 36.3 Å². The molecule has 0 bridgehead atoms. The third-order valence-corrected chi connectivity index (χ3v) is 5.15. The largest absolute Gasteiger partial charge is 0.448 e. The van der Waals surface area contributed by atoms with Crippen molar-refractivity contribution in [2.75, 3.05) is 44.2 Å². The Morgan fingerprint density at radius 3 is 2.33 bits per heavy atom. The molecule has 1 fully saturated rings. The van der Waals surface area contributed by atoms with Crippen molar-refractivity contribution in [3.8, 4) is 0 Å². The number of anilines is 1. The summed E-state index contributed by atoms with van der Waals surface area (Å²) in [5.74, 6) is -3.23. The fraction of sp³-hybridized carbons (Fsp3) is 0.350. The minimum absolute atomic E-state index is 0.0991. The zero-order chi connectivity index (χ0) is 24.2. The molecule has 13 heteroatoms. The van der Waals surface area contributed by atoms with Crippen LogP contribution < -0.4 is 10.2 Å². The zero-order valence-electron chi connectivity index (χ0n) is 17.0. The maximum absolute atomic E-state index is 13.6. The number of rotatable bonds is 5. The summed E-state index contributed by atoms with van der Waals surface area (Å²) in [6.07, 6.45) is -4.95. The normalized spacial score (nSPS) is 14.8. The van der Waals surface area contributed by atoms with E-state index in [0.29, 0.717) is 32.7 Å². The summed E-state index contributed by atoms with van der Waals surface area (Å²) < 4.78 is 70.3. The van der Waals surface area contributed by atoms with Gasteiger partial charge in [0.25, 0.3) is 5.91 Å². The number of pyridine rings is 1. The minimum atomic E-state index is -4.53. The van der Waals surface area contributed by atoms with E-state index in [1.165, 1.54) is 0 Å². The summed E-state index contributed by atoms with van der Waals surface area (Å²) in [7, 11) is 0. The van der Waals surface area contributed by atoms with Gasteiger partial charge < -0.3 is 9.64 Å². The summed E-state index contributed by atoms with van der Waals surface area (Å²) in [5.41, 5.74) is -1.82. The van der Waals surface area contributed by atoms with Crippen LogP contribution >= 0.6 is 11.6 Å². The number of nitrogens with zero attached hydrogens (tertiary/aromatic N) is 3. The number of halogens is 6. The van der Waals surface area contributed by atoms with Crippen LogP contribution in [-0.4, -0.2) is 61.2 Å². The lowest BCUT2D eigenvalue weighted by molar-refractivity contribution is -0.137. The molecule has 0 aliphatic carbocycles. The minimum Gasteiger partial charge on any atom is -0.448 e. The summed E-state index contributed by atoms with van der Waals surface area (Å²) >= 11 is 5.97. The van der Waals surface area contributed by atoms with E-state index in [1.54, 1.807) is 10.2 Å². The maximum atomic E-state index is 13.6. The van der Waals surface area contributed by atoms with Crippen molar-refractivity contribution in [3.63, 3.8) is 0 Å². The number of ether oxygens (including phenoxy) is 1. The molecule has 33 heavy (non-hydrogen) atoms. The van der Waals surface area contributed by atoms with Crippen LogP contribution in [0.25, 0.3) is 0 Å². The maximum Gasteiger partial charge on any atom is 0.417 e. The van der Waals surface area contributed by atoms with Crippen LogP contribution in [0.15, 0.2) is 30.5 Å². The van der Waals surface area contributed by atoms with Crippen molar-refractivity contribution in [1.82, 2.24) is 15.2 Å². The molecule has 0 saturated carbocycles. The number of hydrogen-bond acceptors (Lipinski definition) is 6. The molecule has 1 saturated heterocycles. The van der Waals surface area contributed by atoms with Crippen LogP contribution in [0.2, 0.25) is 5.02 Å². The van der Waals surface area contributed by atoms with Crippen molar-refractivity contribution in [1.29, 1.82) is 0 Å². The number of amides is 2. The number of imide groups is 1. The van der Waals surface area contributed by atoms with Crippen LogP contribution in [0.3, 0.4) is 0 Å². The van der Waals surface area contributed by atoms with Crippen molar-refractivity contribution >= 4 is 29.4 Å². The first kappa shape index (κ1) is 24.6. The first-order valence-corrected chi connectivity index (χ1v) is 10.1. The number of benzene rings is 1. The van der Waals surface area contributed by atoms with Gasteiger partial charge in [-0.2, -0.15) is 13.2 Å². The van der Waals surface area contributed by atoms with E-state index in [9.17, 15) is 31.5 Å². The van der Waals surface area contributed by atoms with E-state index < -0.39 is 40.9 Å². The van der Waals surface area contributed by atoms with E-state index in [-0.39, 0.29) is 17.4 Å². The lowest BCUT2D eigenvalue weighted by Crippen LogP contribution is -2.48. The van der Waals surface area contributed by atoms with Crippen LogP contribution in [0.5, 0.6) is 0 Å². The fourth-order valence-corrected chi connectivity index (χ4v) is 3.46. The van der Waals surface area contributed by atoms with Crippen molar-refractivity contribution in [3.05, 3.63) is 58.2 Å². The van der Waals surface area contributed by atoms with Gasteiger partial charge in [-0.25, -0.2) is 18.6 Å². The first-order chi connectivity index (χ1) is 15.6. The molecule has 0 atom stereocenters. The van der Waals surface area contributed by atoms with Gasteiger partial charge in [-0.1, -0.05) is 17.7 Å². The molecule has 3 rings (SSSR count). The monoisotopic (exact) mass is 492 g/mol. The number of carbonyl (C=O) groups is 2. The number of carbonyl (C=O) groups excluding carboxylic acids is 2. The molecular formula is C20H18ClF5N4O3. The molecule has 1 aromatic carbocycles. The number of alkyl halides is 3. The van der Waals surface area contributed by atoms with Gasteiger partial charge in [-0.3, -0.25) is 15.0 Å². The molecule has 0 radical (unpaired) electrons. The highest BCUT2D eigenvalue weighted by Crippen LogP contribution is 2.33. The third-order valence-electron chi connectivity index (χ3n) is 4.87. The Morgan fingerprint density at radius 2 is 1.76 bits per heavy atom. The van der Waals surface area contributed by atoms with Crippen LogP contribution in [0.4, 0.5) is 32.6 Å². The second kappa shape index (κ2) is 10.3. The summed E-state index contributed by atoms with van der Waals surface area (Å²) in [5, 5.41) is 1.65. The highest BCUT2D eigenvalue weighted by molar-refractivity contribution is 6.33. The topological polar surface area (TPSA) is 74.8 Å². The van der Waals surface area contributed by atoms with Gasteiger partial charge in [-0.15, -0.1) is 0 Å². The molecule has 1 aromatic heterocycles. The third kappa shape index (κ3) is 6.29. The molecule has 0 unspecified atom stereocenters. The van der Waals surface area contributed by atoms with Gasteiger partial charge in [0.05, 0.1) is 10.6 Å². The number of hydrogen-bond donors (Lipinski definition) is 1. The molecule has 2 aromatic rings. The Labute approximate surface area is 190 Å². The number of nitrogens with one attached hydrogen (secondary N) is 1. The predicted octanol–water partition coefficient (Wildman–Crippen LogP) is 3.72. The van der Waals surface area contributed by atoms with Crippen LogP contribution in [0.1, 0.15) is 15.9 Å². The highest BCUT2D eigenvalue weighted by atomic mass is 35.5. The average Bonchev–Trinajstić information content (AvgIpc) is 2.73. The molecule has 2 heterocycles. The van der Waals surface area contributed by atoms with E-state index in [4.69, 9.17) is 16.3 Å². The lowest BCUT2D eigenvalue weighted by atomic mass is 10.2. The van der Waals surface area contributed by atoms with E-state index in [1.807, 2.05) is 4.90 Å². The van der Waals surface area contributed by atoms with Crippen LogP contribution in [0, 0.1) is 11.6 Å². The highest BCUT2D eigenvalue weighted by Gasteiger charge is 2.32. The first-order valence-electron chi connectivity index (χ1n) is 9.68. The van der Waals surface area contributed by atoms with Gasteiger partial charge in [0, 0.05) is 38.9 Å². The predicted molar refractivity (Wildman–Crippen MR) is 108 cm³/mol. The second-order valence-electron chi connectivity index (χ2n) is 7.04. The molecule has 178 valence electrons. The molecule has 1 N–H and O–H groups in total. The summed E-state index contributed by atoms with van der Waals surface area (Å²) in [4.78, 5) is 31.1. The molecule has 7 nitrogen and oxygen atoms in total. The Hall–Kier alpha value is -2.99. The standard InChI is InChI=1S/C20H18ClF5N4O3/c21-13-10-12(20(24,25)26)11-27-17(13)30-6-4-29(5-7-30)8-9-33-19(32)28-18(31)16-14(22)2-1-3-15(16)23/h1-3,10-11H,4-9H2,(H,28,31,32). The lowest BCUT2D eigenvalue weighted by Gasteiger charge is -2.35. The Kier molecular flexibility index (Phi) is 7.69. The zero-order valence-corrected chi connectivity index (χ0v) is 17.7. The van der Waals surface area contributed by atoms with Crippen molar-refractivity contribution in [2.45, 2.75) is 6.18 Å². The van der Waals surface area contributed by atoms with Gasteiger partial charge in [0.2, 0.25) is 0 Å².